The maximum Gasteiger partial charge on any atom is 0.343 e. The predicted molar refractivity (Wildman–Crippen MR) is 96.2 cm³/mol. The van der Waals surface area contributed by atoms with E-state index in [1.54, 1.807) is 48.5 Å². The average molecular weight is 367 g/mol. The maximum absolute atomic E-state index is 12.3. The normalized spacial score (nSPS) is 11.8. The third-order valence-corrected chi connectivity index (χ3v) is 4.55. The molecule has 0 saturated carbocycles. The lowest BCUT2D eigenvalue weighted by Gasteiger charge is -2.07. The lowest BCUT2D eigenvalue weighted by molar-refractivity contribution is 0.0734. The van der Waals surface area contributed by atoms with Crippen LogP contribution in [0.2, 0.25) is 0 Å². The minimum Gasteiger partial charge on any atom is -0.454 e. The molecule has 4 rings (SSSR count). The lowest BCUT2D eigenvalue weighted by atomic mass is 10.2. The van der Waals surface area contributed by atoms with Gasteiger partial charge in [-0.25, -0.2) is 4.79 Å². The number of esters is 1. The summed E-state index contributed by atoms with van der Waals surface area (Å²) in [5.41, 5.74) is 0.972. The second-order valence-electron chi connectivity index (χ2n) is 5.41. The summed E-state index contributed by atoms with van der Waals surface area (Å²) in [7, 11) is 0. The molecule has 0 saturated heterocycles. The highest BCUT2D eigenvalue weighted by Crippen LogP contribution is 2.35. The summed E-state index contributed by atoms with van der Waals surface area (Å²) in [5.74, 6) is 0.850. The molecule has 6 nitrogen and oxygen atoms in total. The van der Waals surface area contributed by atoms with Gasteiger partial charge in [0.2, 0.25) is 6.79 Å². The van der Waals surface area contributed by atoms with Crippen molar-refractivity contribution in [2.45, 2.75) is 0 Å². The Morgan fingerprint density at radius 1 is 1.00 bits per heavy atom. The second-order valence-corrected chi connectivity index (χ2v) is 6.36. The van der Waals surface area contributed by atoms with Crippen LogP contribution >= 0.6 is 11.3 Å². The molecule has 0 bridgehead atoms. The van der Waals surface area contributed by atoms with Gasteiger partial charge in [-0.05, 0) is 47.8 Å². The maximum atomic E-state index is 12.3. The Labute approximate surface area is 152 Å². The van der Waals surface area contributed by atoms with Crippen molar-refractivity contribution >= 4 is 28.9 Å². The minimum atomic E-state index is -0.500. The van der Waals surface area contributed by atoms with Crippen molar-refractivity contribution in [3.8, 4) is 17.2 Å². The second kappa shape index (κ2) is 6.89. The standard InChI is InChI=1S/C19H13NO5S/c21-18(17-2-1-9-26-17)20-13-5-3-12(4-6-13)19(22)25-14-7-8-15-16(10-14)24-11-23-15/h1-10H,11H2,(H,20,21). The Bertz CT molecular complexity index is 951. The van der Waals surface area contributed by atoms with Crippen molar-refractivity contribution in [1.82, 2.24) is 0 Å². The van der Waals surface area contributed by atoms with Gasteiger partial charge in [-0.3, -0.25) is 4.79 Å². The van der Waals surface area contributed by atoms with Crippen LogP contribution < -0.4 is 19.5 Å². The van der Waals surface area contributed by atoms with Gasteiger partial charge in [0.05, 0.1) is 10.4 Å². The zero-order chi connectivity index (χ0) is 17.9. The fourth-order valence-corrected chi connectivity index (χ4v) is 3.02. The highest BCUT2D eigenvalue weighted by molar-refractivity contribution is 7.12. The van der Waals surface area contributed by atoms with E-state index in [4.69, 9.17) is 14.2 Å². The summed E-state index contributed by atoms with van der Waals surface area (Å²) in [4.78, 5) is 24.9. The summed E-state index contributed by atoms with van der Waals surface area (Å²) >= 11 is 1.36. The minimum absolute atomic E-state index is 0.158. The molecule has 2 aromatic carbocycles. The number of carbonyl (C=O) groups excluding carboxylic acids is 2. The summed E-state index contributed by atoms with van der Waals surface area (Å²) in [5, 5.41) is 4.61. The van der Waals surface area contributed by atoms with Crippen LogP contribution in [-0.4, -0.2) is 18.7 Å². The van der Waals surface area contributed by atoms with E-state index in [0.29, 0.717) is 33.4 Å². The molecule has 1 N–H and O–H groups in total. The van der Waals surface area contributed by atoms with Crippen molar-refractivity contribution in [3.05, 3.63) is 70.4 Å². The van der Waals surface area contributed by atoms with Gasteiger partial charge >= 0.3 is 5.97 Å². The van der Waals surface area contributed by atoms with Gasteiger partial charge in [0.15, 0.2) is 11.5 Å². The summed E-state index contributed by atoms with van der Waals surface area (Å²) < 4.78 is 15.8. The molecule has 0 spiro atoms. The van der Waals surface area contributed by atoms with Crippen LogP contribution in [0.1, 0.15) is 20.0 Å². The molecule has 2 heterocycles. The number of nitrogens with one attached hydrogen (secondary N) is 1. The number of carbonyl (C=O) groups is 2. The fraction of sp³-hybridized carbons (Fsp3) is 0.0526. The van der Waals surface area contributed by atoms with Gasteiger partial charge < -0.3 is 19.5 Å². The molecule has 0 aliphatic carbocycles. The van der Waals surface area contributed by atoms with E-state index in [2.05, 4.69) is 5.32 Å². The average Bonchev–Trinajstić information content (AvgIpc) is 3.33. The van der Waals surface area contributed by atoms with Crippen LogP contribution in [0.15, 0.2) is 60.0 Å². The van der Waals surface area contributed by atoms with Gasteiger partial charge in [-0.15, -0.1) is 11.3 Å². The predicted octanol–water partition coefficient (Wildman–Crippen LogP) is 3.95. The Morgan fingerprint density at radius 2 is 1.81 bits per heavy atom. The number of anilines is 1. The van der Waals surface area contributed by atoms with Crippen molar-refractivity contribution in [2.75, 3.05) is 12.1 Å². The van der Waals surface area contributed by atoms with E-state index in [0.717, 1.165) is 0 Å². The van der Waals surface area contributed by atoms with E-state index in [-0.39, 0.29) is 12.7 Å². The fourth-order valence-electron chi connectivity index (χ4n) is 2.40. The molecule has 1 aliphatic heterocycles. The van der Waals surface area contributed by atoms with Crippen LogP contribution in [0, 0.1) is 0 Å². The van der Waals surface area contributed by atoms with E-state index in [1.807, 2.05) is 11.4 Å². The Kier molecular flexibility index (Phi) is 4.28. The third kappa shape index (κ3) is 3.38. The first kappa shape index (κ1) is 16.2. The number of amides is 1. The molecule has 26 heavy (non-hydrogen) atoms. The van der Waals surface area contributed by atoms with Crippen LogP contribution in [0.4, 0.5) is 5.69 Å². The number of hydrogen-bond donors (Lipinski definition) is 1. The zero-order valence-electron chi connectivity index (χ0n) is 13.4. The number of hydrogen-bond acceptors (Lipinski definition) is 6. The largest absolute Gasteiger partial charge is 0.454 e. The van der Waals surface area contributed by atoms with Gasteiger partial charge in [-0.2, -0.15) is 0 Å². The van der Waals surface area contributed by atoms with Crippen LogP contribution in [0.5, 0.6) is 17.2 Å². The third-order valence-electron chi connectivity index (χ3n) is 3.68. The van der Waals surface area contributed by atoms with Crippen LogP contribution in [-0.2, 0) is 0 Å². The Balaban J connectivity index is 1.41. The summed E-state index contributed by atoms with van der Waals surface area (Å²) in [6, 6.07) is 15.0. The molecule has 0 atom stereocenters. The van der Waals surface area contributed by atoms with Crippen molar-refractivity contribution in [2.24, 2.45) is 0 Å². The Hall–Kier alpha value is -3.32. The molecule has 0 radical (unpaired) electrons. The van der Waals surface area contributed by atoms with Gasteiger partial charge in [0, 0.05) is 11.8 Å². The first-order valence-electron chi connectivity index (χ1n) is 7.76. The molecule has 130 valence electrons. The van der Waals surface area contributed by atoms with Gasteiger partial charge in [-0.1, -0.05) is 6.07 Å². The molecule has 7 heteroatoms. The number of thiophene rings is 1. The molecular weight excluding hydrogens is 354 g/mol. The first-order chi connectivity index (χ1) is 12.7. The van der Waals surface area contributed by atoms with Crippen molar-refractivity contribution in [3.63, 3.8) is 0 Å². The highest BCUT2D eigenvalue weighted by Gasteiger charge is 2.16. The molecule has 1 aromatic heterocycles. The number of benzene rings is 2. The van der Waals surface area contributed by atoms with E-state index < -0.39 is 5.97 Å². The molecule has 0 fully saturated rings. The Morgan fingerprint density at radius 3 is 2.58 bits per heavy atom. The monoisotopic (exact) mass is 367 g/mol. The topological polar surface area (TPSA) is 73.9 Å². The number of fused-ring (bicyclic) bond motifs is 1. The van der Waals surface area contributed by atoms with Crippen LogP contribution in [0.3, 0.4) is 0 Å². The summed E-state index contributed by atoms with van der Waals surface area (Å²) in [6.45, 7) is 0.158. The molecular formula is C19H13NO5S. The smallest absolute Gasteiger partial charge is 0.343 e. The number of ether oxygens (including phenoxy) is 3. The van der Waals surface area contributed by atoms with Crippen molar-refractivity contribution < 1.29 is 23.8 Å². The first-order valence-corrected chi connectivity index (χ1v) is 8.64. The zero-order valence-corrected chi connectivity index (χ0v) is 14.2. The van der Waals surface area contributed by atoms with Crippen molar-refractivity contribution in [1.29, 1.82) is 0 Å². The van der Waals surface area contributed by atoms with E-state index in [9.17, 15) is 9.59 Å². The quantitative estimate of drug-likeness (QED) is 0.558. The highest BCUT2D eigenvalue weighted by atomic mass is 32.1. The summed E-state index contributed by atoms with van der Waals surface area (Å²) in [6.07, 6.45) is 0. The molecule has 3 aromatic rings. The molecule has 0 unspecified atom stereocenters. The van der Waals surface area contributed by atoms with E-state index in [1.165, 1.54) is 11.3 Å². The lowest BCUT2D eigenvalue weighted by Crippen LogP contribution is -2.11. The SMILES string of the molecule is O=C(Oc1ccc2c(c1)OCO2)c1ccc(NC(=O)c2cccs2)cc1. The molecule has 1 aliphatic rings. The van der Waals surface area contributed by atoms with Gasteiger partial charge in [0.25, 0.3) is 5.91 Å². The van der Waals surface area contributed by atoms with Gasteiger partial charge in [0.1, 0.15) is 5.75 Å². The van der Waals surface area contributed by atoms with Crippen LogP contribution in [0.25, 0.3) is 0 Å². The van der Waals surface area contributed by atoms with E-state index >= 15 is 0 Å². The number of rotatable bonds is 4. The molecule has 1 amide bonds.